The third-order valence-electron chi connectivity index (χ3n) is 5.28. The molecule has 0 spiro atoms. The Hall–Kier alpha value is -2.34. The van der Waals surface area contributed by atoms with Crippen LogP contribution in [0.15, 0.2) is 41.6 Å². The number of aryl methyl sites for hydroxylation is 1. The average Bonchev–Trinajstić information content (AvgIpc) is 3.40. The lowest BCUT2D eigenvalue weighted by molar-refractivity contribution is 0.102. The van der Waals surface area contributed by atoms with E-state index in [4.69, 9.17) is 0 Å². The summed E-state index contributed by atoms with van der Waals surface area (Å²) in [6, 6.07) is 12.3. The minimum absolute atomic E-state index is 0.142. The molecule has 1 aliphatic rings. The second-order valence-electron chi connectivity index (χ2n) is 7.24. The van der Waals surface area contributed by atoms with Gasteiger partial charge in [0.2, 0.25) is 0 Å². The lowest BCUT2D eigenvalue weighted by atomic mass is 10.2. The van der Waals surface area contributed by atoms with Crippen molar-refractivity contribution < 1.29 is 4.79 Å². The molecule has 0 bridgehead atoms. The highest BCUT2D eigenvalue weighted by Crippen LogP contribution is 2.40. The molecule has 0 amide bonds. The fourth-order valence-corrected chi connectivity index (χ4v) is 4.14. The molecule has 140 valence electrons. The van der Waals surface area contributed by atoms with Crippen LogP contribution in [0.4, 0.5) is 0 Å². The summed E-state index contributed by atoms with van der Waals surface area (Å²) in [6.45, 7) is 4.77. The quantitative estimate of drug-likeness (QED) is 0.457. The largest absolute Gasteiger partial charge is 0.351 e. The van der Waals surface area contributed by atoms with Crippen LogP contribution in [0.5, 0.6) is 0 Å². The van der Waals surface area contributed by atoms with Gasteiger partial charge in [-0.3, -0.25) is 4.79 Å². The Balaban J connectivity index is 1.53. The number of rotatable bonds is 7. The number of aromatic nitrogens is 4. The maximum atomic E-state index is 12.7. The monoisotopic (exact) mass is 380 g/mol. The summed E-state index contributed by atoms with van der Waals surface area (Å²) in [5.74, 6) is 2.09. The number of benzene rings is 1. The smallest absolute Gasteiger partial charge is 0.191 e. The SMILES string of the molecule is Cc1cc(C(=O)CSc2nnc(C3CC3)n2Cc2ccccc2)c(C)n1C. The number of thioether (sulfide) groups is 1. The number of hydrogen-bond donors (Lipinski definition) is 0. The van der Waals surface area contributed by atoms with Gasteiger partial charge in [0.15, 0.2) is 10.9 Å². The molecule has 1 aromatic carbocycles. The van der Waals surface area contributed by atoms with Gasteiger partial charge in [0.25, 0.3) is 0 Å². The molecule has 0 unspecified atom stereocenters. The first-order chi connectivity index (χ1) is 13.0. The van der Waals surface area contributed by atoms with Gasteiger partial charge in [-0.15, -0.1) is 10.2 Å². The Kier molecular flexibility index (Phi) is 4.91. The van der Waals surface area contributed by atoms with Crippen molar-refractivity contribution >= 4 is 17.5 Å². The van der Waals surface area contributed by atoms with E-state index in [0.717, 1.165) is 34.5 Å². The number of carbonyl (C=O) groups is 1. The predicted octanol–water partition coefficient (Wildman–Crippen LogP) is 4.13. The first-order valence-electron chi connectivity index (χ1n) is 9.30. The number of hydrogen-bond acceptors (Lipinski definition) is 4. The van der Waals surface area contributed by atoms with Crippen molar-refractivity contribution in [3.8, 4) is 0 Å². The van der Waals surface area contributed by atoms with E-state index in [1.807, 2.05) is 45.2 Å². The highest BCUT2D eigenvalue weighted by Gasteiger charge is 2.30. The number of Topliss-reactive ketones (excluding diaryl/α,β-unsaturated/α-hetero) is 1. The molecule has 5 nitrogen and oxygen atoms in total. The Morgan fingerprint density at radius 3 is 2.56 bits per heavy atom. The van der Waals surface area contributed by atoms with Crippen LogP contribution in [-0.4, -0.2) is 30.9 Å². The number of carbonyl (C=O) groups excluding carboxylic acids is 1. The van der Waals surface area contributed by atoms with Gasteiger partial charge >= 0.3 is 0 Å². The lowest BCUT2D eigenvalue weighted by Crippen LogP contribution is -2.08. The van der Waals surface area contributed by atoms with Crippen LogP contribution >= 0.6 is 11.8 Å². The predicted molar refractivity (Wildman–Crippen MR) is 107 cm³/mol. The molecular formula is C21H24N4OS. The molecule has 3 aromatic rings. The summed E-state index contributed by atoms with van der Waals surface area (Å²) >= 11 is 1.49. The van der Waals surface area contributed by atoms with Crippen molar-refractivity contribution in [3.63, 3.8) is 0 Å². The Morgan fingerprint density at radius 1 is 1.19 bits per heavy atom. The van der Waals surface area contributed by atoms with Gasteiger partial charge in [0.1, 0.15) is 5.82 Å². The van der Waals surface area contributed by atoms with Crippen molar-refractivity contribution in [1.82, 2.24) is 19.3 Å². The van der Waals surface area contributed by atoms with Crippen LogP contribution in [0.2, 0.25) is 0 Å². The van der Waals surface area contributed by atoms with Crippen molar-refractivity contribution in [3.05, 3.63) is 64.7 Å². The molecule has 0 aliphatic heterocycles. The van der Waals surface area contributed by atoms with Crippen LogP contribution in [0.1, 0.15) is 51.9 Å². The molecule has 1 aliphatic carbocycles. The first kappa shape index (κ1) is 18.0. The molecule has 0 atom stereocenters. The van der Waals surface area contributed by atoms with E-state index in [0.29, 0.717) is 11.7 Å². The van der Waals surface area contributed by atoms with Gasteiger partial charge in [-0.1, -0.05) is 42.1 Å². The zero-order valence-electron chi connectivity index (χ0n) is 16.0. The summed E-state index contributed by atoms with van der Waals surface area (Å²) in [5.41, 5.74) is 4.15. The molecule has 6 heteroatoms. The fourth-order valence-electron chi connectivity index (χ4n) is 3.31. The Bertz CT molecular complexity index is 970. The minimum atomic E-state index is 0.142. The van der Waals surface area contributed by atoms with Crippen LogP contribution in [0.3, 0.4) is 0 Å². The third-order valence-corrected chi connectivity index (χ3v) is 6.25. The molecule has 1 fully saturated rings. The Labute approximate surface area is 163 Å². The Morgan fingerprint density at radius 2 is 1.93 bits per heavy atom. The molecule has 4 rings (SSSR count). The molecule has 0 radical (unpaired) electrons. The maximum absolute atomic E-state index is 12.7. The summed E-state index contributed by atoms with van der Waals surface area (Å²) in [6.07, 6.45) is 2.36. The van der Waals surface area contributed by atoms with E-state index in [9.17, 15) is 4.79 Å². The van der Waals surface area contributed by atoms with Gasteiger partial charge in [-0.05, 0) is 38.3 Å². The average molecular weight is 381 g/mol. The van der Waals surface area contributed by atoms with E-state index in [1.54, 1.807) is 0 Å². The van der Waals surface area contributed by atoms with E-state index in [2.05, 4.69) is 31.5 Å². The second kappa shape index (κ2) is 7.35. The minimum Gasteiger partial charge on any atom is -0.351 e. The number of nitrogens with zero attached hydrogens (tertiary/aromatic N) is 4. The van der Waals surface area contributed by atoms with E-state index in [1.165, 1.54) is 30.2 Å². The lowest BCUT2D eigenvalue weighted by Gasteiger charge is -2.10. The van der Waals surface area contributed by atoms with Crippen molar-refractivity contribution in [1.29, 1.82) is 0 Å². The van der Waals surface area contributed by atoms with Gasteiger partial charge in [0.05, 0.1) is 12.3 Å². The molecule has 27 heavy (non-hydrogen) atoms. The first-order valence-corrected chi connectivity index (χ1v) is 10.3. The van der Waals surface area contributed by atoms with E-state index in [-0.39, 0.29) is 5.78 Å². The van der Waals surface area contributed by atoms with Crippen molar-refractivity contribution in [2.45, 2.75) is 44.3 Å². The van der Waals surface area contributed by atoms with Gasteiger partial charge < -0.3 is 9.13 Å². The fraction of sp³-hybridized carbons (Fsp3) is 0.381. The van der Waals surface area contributed by atoms with Crippen LogP contribution < -0.4 is 0 Å². The molecule has 2 aromatic heterocycles. The highest BCUT2D eigenvalue weighted by atomic mass is 32.2. The molecule has 2 heterocycles. The van der Waals surface area contributed by atoms with Crippen LogP contribution in [0, 0.1) is 13.8 Å². The molecule has 1 saturated carbocycles. The van der Waals surface area contributed by atoms with Crippen molar-refractivity contribution in [2.24, 2.45) is 7.05 Å². The topological polar surface area (TPSA) is 52.7 Å². The summed E-state index contributed by atoms with van der Waals surface area (Å²) < 4.78 is 4.25. The normalized spacial score (nSPS) is 13.9. The zero-order chi connectivity index (χ0) is 19.0. The second-order valence-corrected chi connectivity index (χ2v) is 8.18. The highest BCUT2D eigenvalue weighted by molar-refractivity contribution is 7.99. The van der Waals surface area contributed by atoms with Gasteiger partial charge in [-0.25, -0.2) is 0 Å². The summed E-state index contributed by atoms with van der Waals surface area (Å²) in [5, 5.41) is 9.67. The number of ketones is 1. The maximum Gasteiger partial charge on any atom is 0.191 e. The zero-order valence-corrected chi connectivity index (χ0v) is 16.8. The van der Waals surface area contributed by atoms with E-state index < -0.39 is 0 Å². The van der Waals surface area contributed by atoms with Crippen molar-refractivity contribution in [2.75, 3.05) is 5.75 Å². The van der Waals surface area contributed by atoms with Crippen LogP contribution in [0.25, 0.3) is 0 Å². The molecule has 0 saturated heterocycles. The van der Waals surface area contributed by atoms with Gasteiger partial charge in [0, 0.05) is 29.9 Å². The molecular weight excluding hydrogens is 356 g/mol. The van der Waals surface area contributed by atoms with Gasteiger partial charge in [-0.2, -0.15) is 0 Å². The standard InChI is InChI=1S/C21H24N4OS/c1-14-11-18(15(2)24(14)3)19(26)13-27-21-23-22-20(17-9-10-17)25(21)12-16-7-5-4-6-8-16/h4-8,11,17H,9-10,12-13H2,1-3H3. The van der Waals surface area contributed by atoms with E-state index >= 15 is 0 Å². The summed E-state index contributed by atoms with van der Waals surface area (Å²) in [4.78, 5) is 12.7. The third kappa shape index (κ3) is 3.72. The van der Waals surface area contributed by atoms with Crippen LogP contribution in [-0.2, 0) is 13.6 Å². The summed E-state index contributed by atoms with van der Waals surface area (Å²) in [7, 11) is 1.99. The molecule has 0 N–H and O–H groups in total.